The fourth-order valence-corrected chi connectivity index (χ4v) is 6.85. The first-order valence-electron chi connectivity index (χ1n) is 8.52. The average Bonchev–Trinajstić information content (AvgIpc) is 2.84. The third-order valence-corrected chi connectivity index (χ3v) is 7.60. The third kappa shape index (κ3) is 2.31. The van der Waals surface area contributed by atoms with E-state index in [4.69, 9.17) is 0 Å². The molecule has 1 aromatic rings. The highest BCUT2D eigenvalue weighted by Gasteiger charge is 2.49. The number of hydrogen-bond donors (Lipinski definition) is 1. The molecular weight excluding hydrogens is 298 g/mol. The maximum atomic E-state index is 12.8. The predicted molar refractivity (Wildman–Crippen MR) is 83.8 cm³/mol. The third-order valence-electron chi connectivity index (χ3n) is 6.03. The van der Waals surface area contributed by atoms with Crippen LogP contribution in [0, 0.1) is 30.6 Å². The van der Waals surface area contributed by atoms with E-state index in [1.807, 2.05) is 6.92 Å². The Bertz CT molecular complexity index is 652. The van der Waals surface area contributed by atoms with Crippen molar-refractivity contribution in [1.29, 1.82) is 0 Å². The number of sulfonamides is 1. The number of nitrogens with zero attached hydrogens (tertiary/aromatic N) is 2. The fraction of sp³-hybridized carbons (Fsp3) is 0.812. The van der Waals surface area contributed by atoms with Gasteiger partial charge in [-0.05, 0) is 69.6 Å². The van der Waals surface area contributed by atoms with Crippen molar-refractivity contribution in [3.8, 4) is 0 Å². The summed E-state index contributed by atoms with van der Waals surface area (Å²) in [5.74, 6) is 2.81. The molecule has 6 heteroatoms. The van der Waals surface area contributed by atoms with Crippen molar-refractivity contribution < 1.29 is 8.42 Å². The molecule has 0 unspecified atom stereocenters. The molecule has 0 amide bonds. The van der Waals surface area contributed by atoms with Crippen molar-refractivity contribution >= 4 is 10.0 Å². The van der Waals surface area contributed by atoms with E-state index < -0.39 is 10.0 Å². The van der Waals surface area contributed by atoms with Gasteiger partial charge in [0.15, 0.2) is 0 Å². The topological polar surface area (TPSA) is 64.0 Å². The zero-order chi connectivity index (χ0) is 15.5. The quantitative estimate of drug-likeness (QED) is 0.925. The van der Waals surface area contributed by atoms with Crippen LogP contribution in [0.15, 0.2) is 11.1 Å². The molecule has 4 aliphatic rings. The molecule has 122 valence electrons. The van der Waals surface area contributed by atoms with Gasteiger partial charge in [-0.2, -0.15) is 5.10 Å². The molecule has 0 saturated heterocycles. The van der Waals surface area contributed by atoms with E-state index in [-0.39, 0.29) is 6.04 Å². The summed E-state index contributed by atoms with van der Waals surface area (Å²) in [6.07, 6.45) is 7.91. The number of aryl methyl sites for hydroxylation is 2. The minimum absolute atomic E-state index is 0.141. The monoisotopic (exact) mass is 323 g/mol. The van der Waals surface area contributed by atoms with Crippen LogP contribution in [-0.2, 0) is 16.6 Å². The summed E-state index contributed by atoms with van der Waals surface area (Å²) >= 11 is 0. The smallest absolute Gasteiger partial charge is 0.244 e. The molecule has 4 fully saturated rings. The standard InChI is InChI=1S/C16H25N3O2S/c1-3-19-9-15(10(2)17-19)22(20,21)18-16-13-5-11-4-12(7-13)8-14(16)6-11/h9,11-14,16,18H,3-8H2,1-2H3. The van der Waals surface area contributed by atoms with Crippen LogP contribution in [0.4, 0.5) is 0 Å². The maximum absolute atomic E-state index is 12.8. The summed E-state index contributed by atoms with van der Waals surface area (Å²) < 4.78 is 30.4. The zero-order valence-corrected chi connectivity index (χ0v) is 14.1. The summed E-state index contributed by atoms with van der Waals surface area (Å²) in [6.45, 7) is 4.43. The van der Waals surface area contributed by atoms with Gasteiger partial charge < -0.3 is 0 Å². The highest BCUT2D eigenvalue weighted by molar-refractivity contribution is 7.89. The number of rotatable bonds is 4. The van der Waals surface area contributed by atoms with Crippen molar-refractivity contribution in [2.75, 3.05) is 0 Å². The van der Waals surface area contributed by atoms with Crippen LogP contribution >= 0.6 is 0 Å². The van der Waals surface area contributed by atoms with Crippen molar-refractivity contribution in [1.82, 2.24) is 14.5 Å². The van der Waals surface area contributed by atoms with Gasteiger partial charge in [0, 0.05) is 18.8 Å². The fourth-order valence-electron chi connectivity index (χ4n) is 5.29. The molecule has 0 aromatic carbocycles. The van der Waals surface area contributed by atoms with Crippen LogP contribution in [0.3, 0.4) is 0 Å². The molecular formula is C16H25N3O2S. The van der Waals surface area contributed by atoms with Crippen molar-refractivity contribution in [3.63, 3.8) is 0 Å². The first-order chi connectivity index (χ1) is 10.5. The van der Waals surface area contributed by atoms with Crippen molar-refractivity contribution in [2.24, 2.45) is 23.7 Å². The Morgan fingerprint density at radius 2 is 1.77 bits per heavy atom. The summed E-state index contributed by atoms with van der Waals surface area (Å²) in [5, 5.41) is 4.28. The highest BCUT2D eigenvalue weighted by Crippen LogP contribution is 2.53. The van der Waals surface area contributed by atoms with Crippen LogP contribution in [0.1, 0.15) is 44.7 Å². The van der Waals surface area contributed by atoms with E-state index in [2.05, 4.69) is 9.82 Å². The second-order valence-electron chi connectivity index (χ2n) is 7.51. The molecule has 0 radical (unpaired) electrons. The molecule has 1 heterocycles. The lowest BCUT2D eigenvalue weighted by molar-refractivity contribution is -0.00558. The Morgan fingerprint density at radius 1 is 1.18 bits per heavy atom. The molecule has 5 rings (SSSR count). The largest absolute Gasteiger partial charge is 0.271 e. The first-order valence-corrected chi connectivity index (χ1v) is 10.0. The predicted octanol–water partition coefficient (Wildman–Crippen LogP) is 2.31. The molecule has 1 N–H and O–H groups in total. The molecule has 4 aliphatic carbocycles. The first kappa shape index (κ1) is 14.7. The molecule has 4 saturated carbocycles. The van der Waals surface area contributed by atoms with Crippen LogP contribution < -0.4 is 4.72 Å². The van der Waals surface area contributed by atoms with Gasteiger partial charge >= 0.3 is 0 Å². The number of nitrogens with one attached hydrogen (secondary N) is 1. The van der Waals surface area contributed by atoms with Gasteiger partial charge in [-0.15, -0.1) is 0 Å². The molecule has 22 heavy (non-hydrogen) atoms. The minimum atomic E-state index is -3.46. The van der Waals surface area contributed by atoms with E-state index in [0.29, 0.717) is 29.0 Å². The SMILES string of the molecule is CCn1cc(S(=O)(=O)NC2C3CC4CC(C3)CC2C4)c(C)n1. The maximum Gasteiger partial charge on any atom is 0.244 e. The van der Waals surface area contributed by atoms with Crippen molar-refractivity contribution in [2.45, 2.75) is 63.4 Å². The van der Waals surface area contributed by atoms with Crippen LogP contribution in [-0.4, -0.2) is 24.2 Å². The van der Waals surface area contributed by atoms with Crippen LogP contribution in [0.25, 0.3) is 0 Å². The molecule has 0 aliphatic heterocycles. The van der Waals surface area contributed by atoms with Gasteiger partial charge in [-0.1, -0.05) is 0 Å². The second-order valence-corrected chi connectivity index (χ2v) is 9.19. The number of aromatic nitrogens is 2. The van der Waals surface area contributed by atoms with E-state index >= 15 is 0 Å². The lowest BCUT2D eigenvalue weighted by Gasteiger charge is -2.54. The summed E-state index contributed by atoms with van der Waals surface area (Å²) in [4.78, 5) is 0.350. The van der Waals surface area contributed by atoms with Gasteiger partial charge in [0.05, 0.1) is 5.69 Å². The zero-order valence-electron chi connectivity index (χ0n) is 13.3. The van der Waals surface area contributed by atoms with Gasteiger partial charge in [0.1, 0.15) is 4.90 Å². The summed E-state index contributed by atoms with van der Waals surface area (Å²) in [6, 6.07) is 0.141. The second kappa shape index (κ2) is 5.06. The Balaban J connectivity index is 1.58. The number of hydrogen-bond acceptors (Lipinski definition) is 3. The van der Waals surface area contributed by atoms with Gasteiger partial charge in [-0.25, -0.2) is 13.1 Å². The molecule has 5 nitrogen and oxygen atoms in total. The highest BCUT2D eigenvalue weighted by atomic mass is 32.2. The van der Waals surface area contributed by atoms with E-state index in [1.165, 1.54) is 32.1 Å². The van der Waals surface area contributed by atoms with Gasteiger partial charge in [0.25, 0.3) is 0 Å². The average molecular weight is 323 g/mol. The van der Waals surface area contributed by atoms with Gasteiger partial charge in [-0.3, -0.25) is 4.68 Å². The van der Waals surface area contributed by atoms with Crippen LogP contribution in [0.2, 0.25) is 0 Å². The normalized spacial score (nSPS) is 36.9. The van der Waals surface area contributed by atoms with Crippen molar-refractivity contribution in [3.05, 3.63) is 11.9 Å². The van der Waals surface area contributed by atoms with E-state index in [9.17, 15) is 8.42 Å². The molecule has 1 aromatic heterocycles. The lowest BCUT2D eigenvalue weighted by atomic mass is 9.54. The van der Waals surface area contributed by atoms with E-state index in [0.717, 1.165) is 11.8 Å². The van der Waals surface area contributed by atoms with Gasteiger partial charge in [0.2, 0.25) is 10.0 Å². The Hall–Kier alpha value is -0.880. The Morgan fingerprint density at radius 3 is 2.27 bits per heavy atom. The minimum Gasteiger partial charge on any atom is -0.271 e. The molecule has 0 atom stereocenters. The Labute approximate surface area is 132 Å². The Kier molecular flexibility index (Phi) is 3.38. The summed E-state index contributed by atoms with van der Waals surface area (Å²) in [5.41, 5.74) is 0.596. The molecule has 0 spiro atoms. The molecule has 4 bridgehead atoms. The summed E-state index contributed by atoms with van der Waals surface area (Å²) in [7, 11) is -3.46. The van der Waals surface area contributed by atoms with E-state index in [1.54, 1.807) is 17.8 Å². The lowest BCUT2D eigenvalue weighted by Crippen LogP contribution is -2.55. The van der Waals surface area contributed by atoms with Crippen LogP contribution in [0.5, 0.6) is 0 Å².